The lowest BCUT2D eigenvalue weighted by molar-refractivity contribution is -0.0544. The van der Waals surface area contributed by atoms with Crippen molar-refractivity contribution in [3.05, 3.63) is 65.7 Å². The number of hydrogen-bond acceptors (Lipinski definition) is 3. The molecule has 5 nitrogen and oxygen atoms in total. The fourth-order valence-electron chi connectivity index (χ4n) is 3.95. The molecule has 0 aromatic heterocycles. The van der Waals surface area contributed by atoms with Gasteiger partial charge < -0.3 is 15.1 Å². The molecule has 4 rings (SSSR count). The Bertz CT molecular complexity index is 890. The number of benzene rings is 2. The zero-order chi connectivity index (χ0) is 20.5. The van der Waals surface area contributed by atoms with Crippen LogP contribution in [0.3, 0.4) is 0 Å². The lowest BCUT2D eigenvalue weighted by Crippen LogP contribution is -2.48. The van der Waals surface area contributed by atoms with Crippen LogP contribution in [0, 0.1) is 0 Å². The number of anilines is 1. The maximum atomic E-state index is 12.5. The molecule has 2 aromatic carbocycles. The van der Waals surface area contributed by atoms with E-state index in [1.807, 2.05) is 35.2 Å². The van der Waals surface area contributed by atoms with E-state index >= 15 is 0 Å². The van der Waals surface area contributed by atoms with E-state index in [1.165, 1.54) is 5.56 Å². The molecule has 2 aliphatic rings. The van der Waals surface area contributed by atoms with Gasteiger partial charge in [0.1, 0.15) is 5.60 Å². The maximum absolute atomic E-state index is 12.5. The van der Waals surface area contributed by atoms with Crippen molar-refractivity contribution in [2.45, 2.75) is 51.0 Å². The molecule has 2 aliphatic heterocycles. The summed E-state index contributed by atoms with van der Waals surface area (Å²) in [7, 11) is 0. The molecule has 1 fully saturated rings. The molecule has 1 N–H and O–H groups in total. The molecule has 0 radical (unpaired) electrons. The Morgan fingerprint density at radius 1 is 1.03 bits per heavy atom. The van der Waals surface area contributed by atoms with E-state index in [0.29, 0.717) is 13.1 Å². The Morgan fingerprint density at radius 3 is 2.31 bits per heavy atom. The number of urea groups is 1. The number of oxime groups is 1. The molecule has 5 heteroatoms. The highest BCUT2D eigenvalue weighted by Crippen LogP contribution is 2.36. The zero-order valence-corrected chi connectivity index (χ0v) is 17.4. The summed E-state index contributed by atoms with van der Waals surface area (Å²) in [5.74, 6) is 0. The molecule has 2 amide bonds. The first-order chi connectivity index (χ1) is 13.8. The van der Waals surface area contributed by atoms with Crippen molar-refractivity contribution in [1.82, 2.24) is 4.90 Å². The van der Waals surface area contributed by atoms with Crippen molar-refractivity contribution in [2.75, 3.05) is 18.4 Å². The van der Waals surface area contributed by atoms with Crippen LogP contribution >= 0.6 is 0 Å². The van der Waals surface area contributed by atoms with Crippen LogP contribution in [0.25, 0.3) is 0 Å². The van der Waals surface area contributed by atoms with E-state index in [9.17, 15) is 4.79 Å². The van der Waals surface area contributed by atoms with Crippen LogP contribution < -0.4 is 5.32 Å². The molecule has 0 bridgehead atoms. The molecule has 152 valence electrons. The Morgan fingerprint density at radius 2 is 1.69 bits per heavy atom. The normalized spacial score (nSPS) is 18.3. The monoisotopic (exact) mass is 391 g/mol. The molecule has 0 saturated carbocycles. The number of piperidine rings is 1. The third kappa shape index (κ3) is 4.29. The van der Waals surface area contributed by atoms with Gasteiger partial charge in [-0.2, -0.15) is 0 Å². The first-order valence-electron chi connectivity index (χ1n) is 10.3. The Kier molecular flexibility index (Phi) is 5.07. The molecule has 0 unspecified atom stereocenters. The van der Waals surface area contributed by atoms with Crippen molar-refractivity contribution >= 4 is 17.4 Å². The molecular formula is C24H29N3O2. The second-order valence-corrected chi connectivity index (χ2v) is 9.10. The van der Waals surface area contributed by atoms with E-state index < -0.39 is 0 Å². The van der Waals surface area contributed by atoms with Gasteiger partial charge in [0.2, 0.25) is 0 Å². The summed E-state index contributed by atoms with van der Waals surface area (Å²) < 4.78 is 0. The van der Waals surface area contributed by atoms with Crippen LogP contribution in [0.4, 0.5) is 10.5 Å². The Labute approximate surface area is 172 Å². The highest BCUT2D eigenvalue weighted by molar-refractivity contribution is 6.01. The third-order valence-corrected chi connectivity index (χ3v) is 5.91. The van der Waals surface area contributed by atoms with Crippen LogP contribution in [-0.2, 0) is 10.3 Å². The van der Waals surface area contributed by atoms with Crippen molar-refractivity contribution in [2.24, 2.45) is 5.16 Å². The van der Waals surface area contributed by atoms with E-state index in [0.717, 1.165) is 36.2 Å². The molecule has 2 aromatic rings. The topological polar surface area (TPSA) is 53.9 Å². The highest BCUT2D eigenvalue weighted by Gasteiger charge is 2.43. The summed E-state index contributed by atoms with van der Waals surface area (Å²) in [6, 6.07) is 18.2. The van der Waals surface area contributed by atoms with Gasteiger partial charge in [-0.25, -0.2) is 4.79 Å². The molecule has 1 spiro atoms. The van der Waals surface area contributed by atoms with Crippen molar-refractivity contribution in [3.63, 3.8) is 0 Å². The van der Waals surface area contributed by atoms with Gasteiger partial charge in [-0.1, -0.05) is 68.4 Å². The average molecular weight is 392 g/mol. The Hall–Kier alpha value is -2.82. The van der Waals surface area contributed by atoms with E-state index in [-0.39, 0.29) is 17.0 Å². The van der Waals surface area contributed by atoms with Gasteiger partial charge >= 0.3 is 6.03 Å². The van der Waals surface area contributed by atoms with Crippen LogP contribution in [-0.4, -0.2) is 35.3 Å². The van der Waals surface area contributed by atoms with Crippen LogP contribution in [0.2, 0.25) is 0 Å². The second kappa shape index (κ2) is 7.54. The average Bonchev–Trinajstić information content (AvgIpc) is 3.12. The lowest BCUT2D eigenvalue weighted by Gasteiger charge is -2.37. The van der Waals surface area contributed by atoms with Gasteiger partial charge in [0, 0.05) is 38.0 Å². The van der Waals surface area contributed by atoms with Gasteiger partial charge in [-0.05, 0) is 28.7 Å². The zero-order valence-electron chi connectivity index (χ0n) is 17.4. The van der Waals surface area contributed by atoms with Gasteiger partial charge in [0.25, 0.3) is 0 Å². The first-order valence-corrected chi connectivity index (χ1v) is 10.3. The highest BCUT2D eigenvalue weighted by atomic mass is 16.7. The summed E-state index contributed by atoms with van der Waals surface area (Å²) >= 11 is 0. The fourth-order valence-corrected chi connectivity index (χ4v) is 3.95. The predicted octanol–water partition coefficient (Wildman–Crippen LogP) is 5.18. The van der Waals surface area contributed by atoms with Gasteiger partial charge in [-0.3, -0.25) is 0 Å². The van der Waals surface area contributed by atoms with Gasteiger partial charge in [0.15, 0.2) is 0 Å². The van der Waals surface area contributed by atoms with Crippen molar-refractivity contribution in [1.29, 1.82) is 0 Å². The first kappa shape index (κ1) is 19.5. The molecular weight excluding hydrogens is 362 g/mol. The van der Waals surface area contributed by atoms with Gasteiger partial charge in [0.05, 0.1) is 5.71 Å². The van der Waals surface area contributed by atoms with Crippen molar-refractivity contribution < 1.29 is 9.63 Å². The summed E-state index contributed by atoms with van der Waals surface area (Å²) in [6.07, 6.45) is 2.39. The minimum absolute atomic E-state index is 0.0528. The molecule has 0 atom stereocenters. The summed E-state index contributed by atoms with van der Waals surface area (Å²) in [4.78, 5) is 20.3. The molecule has 1 saturated heterocycles. The number of nitrogens with one attached hydrogen (secondary N) is 1. The third-order valence-electron chi connectivity index (χ3n) is 5.91. The lowest BCUT2D eigenvalue weighted by atomic mass is 9.84. The number of carbonyl (C=O) groups is 1. The van der Waals surface area contributed by atoms with Crippen LogP contribution in [0.1, 0.15) is 51.2 Å². The number of likely N-dealkylation sites (tertiary alicyclic amines) is 1. The SMILES string of the molecule is CC(C)(C)c1ccc(C2=NOC3(CCN(C(=O)Nc4ccccc4)CC3)C2)cc1. The molecule has 2 heterocycles. The van der Waals surface area contributed by atoms with Crippen LogP contribution in [0.15, 0.2) is 59.8 Å². The van der Waals surface area contributed by atoms with E-state index in [2.05, 4.69) is 55.5 Å². The number of amides is 2. The van der Waals surface area contributed by atoms with E-state index in [1.54, 1.807) is 0 Å². The summed E-state index contributed by atoms with van der Waals surface area (Å²) in [5.41, 5.74) is 4.13. The minimum Gasteiger partial charge on any atom is -0.388 e. The summed E-state index contributed by atoms with van der Waals surface area (Å²) in [6.45, 7) is 7.99. The standard InChI is InChI=1S/C24H29N3O2/c1-23(2,3)19-11-9-18(10-12-19)21-17-24(29-26-21)13-15-27(16-14-24)22(28)25-20-7-5-4-6-8-20/h4-12H,13-17H2,1-3H3,(H,25,28). The Balaban J connectivity index is 1.34. The second-order valence-electron chi connectivity index (χ2n) is 9.10. The van der Waals surface area contributed by atoms with Gasteiger partial charge in [-0.15, -0.1) is 0 Å². The molecule has 29 heavy (non-hydrogen) atoms. The van der Waals surface area contributed by atoms with E-state index in [4.69, 9.17) is 4.84 Å². The number of carbonyl (C=O) groups excluding carboxylic acids is 1. The summed E-state index contributed by atoms with van der Waals surface area (Å²) in [5, 5.41) is 7.37. The number of nitrogens with zero attached hydrogens (tertiary/aromatic N) is 2. The maximum Gasteiger partial charge on any atom is 0.321 e. The number of rotatable bonds is 2. The van der Waals surface area contributed by atoms with Crippen LogP contribution in [0.5, 0.6) is 0 Å². The smallest absolute Gasteiger partial charge is 0.321 e. The largest absolute Gasteiger partial charge is 0.388 e. The quantitative estimate of drug-likeness (QED) is 0.767. The molecule has 0 aliphatic carbocycles. The number of hydrogen-bond donors (Lipinski definition) is 1. The minimum atomic E-state index is -0.276. The van der Waals surface area contributed by atoms with Crippen molar-refractivity contribution in [3.8, 4) is 0 Å². The number of para-hydroxylation sites is 1. The predicted molar refractivity (Wildman–Crippen MR) is 116 cm³/mol. The fraction of sp³-hybridized carbons (Fsp3) is 0.417.